The van der Waals surface area contributed by atoms with Crippen molar-refractivity contribution in [3.8, 4) is 0 Å². The van der Waals surface area contributed by atoms with Crippen molar-refractivity contribution in [3.05, 3.63) is 40.8 Å². The highest BCUT2D eigenvalue weighted by molar-refractivity contribution is 6.30. The van der Waals surface area contributed by atoms with Crippen molar-refractivity contribution in [1.29, 1.82) is 0 Å². The third-order valence-electron chi connectivity index (χ3n) is 3.68. The Hall–Kier alpha value is -1.75. The number of carbonyl (C=O) groups is 1. The molecule has 6 heteroatoms. The molecule has 20 heavy (non-hydrogen) atoms. The van der Waals surface area contributed by atoms with Crippen LogP contribution in [0.2, 0.25) is 5.15 Å². The number of esters is 1. The maximum atomic E-state index is 11.7. The fourth-order valence-corrected chi connectivity index (χ4v) is 2.94. The summed E-state index contributed by atoms with van der Waals surface area (Å²) in [6.07, 6.45) is 3.69. The lowest BCUT2D eigenvalue weighted by atomic mass is 9.98. The molecular weight excluding hydrogens is 280 g/mol. The van der Waals surface area contributed by atoms with Gasteiger partial charge in [0.15, 0.2) is 5.15 Å². The van der Waals surface area contributed by atoms with Crippen LogP contribution in [0, 0.1) is 5.92 Å². The van der Waals surface area contributed by atoms with E-state index in [1.165, 1.54) is 7.11 Å². The number of fused-ring (bicyclic) bond motifs is 1. The summed E-state index contributed by atoms with van der Waals surface area (Å²) in [7, 11) is 1.42. The van der Waals surface area contributed by atoms with Crippen molar-refractivity contribution in [2.24, 2.45) is 5.92 Å². The zero-order valence-corrected chi connectivity index (χ0v) is 11.9. The SMILES string of the molecule is COC(=O)C1CCc2c(Cl)nc(Cc3ccco3)n2C1. The second-order valence-electron chi connectivity index (χ2n) is 4.89. The number of hydrogen-bond acceptors (Lipinski definition) is 4. The largest absolute Gasteiger partial charge is 0.469 e. The number of halogens is 1. The van der Waals surface area contributed by atoms with E-state index in [0.29, 0.717) is 18.1 Å². The van der Waals surface area contributed by atoms with E-state index in [-0.39, 0.29) is 11.9 Å². The number of hydrogen-bond donors (Lipinski definition) is 0. The van der Waals surface area contributed by atoms with E-state index < -0.39 is 0 Å². The summed E-state index contributed by atoms with van der Waals surface area (Å²) in [6.45, 7) is 0.567. The molecule has 0 fully saturated rings. The quantitative estimate of drug-likeness (QED) is 0.816. The van der Waals surface area contributed by atoms with Crippen molar-refractivity contribution in [2.75, 3.05) is 7.11 Å². The molecule has 1 atom stereocenters. The lowest BCUT2D eigenvalue weighted by Crippen LogP contribution is -2.28. The molecule has 1 aliphatic rings. The molecule has 2 aromatic rings. The Morgan fingerprint density at radius 2 is 2.50 bits per heavy atom. The van der Waals surface area contributed by atoms with Crippen LogP contribution in [0.3, 0.4) is 0 Å². The van der Waals surface area contributed by atoms with E-state index in [9.17, 15) is 4.79 Å². The standard InChI is InChI=1S/C14H15ClN2O3/c1-19-14(18)9-4-5-11-13(15)16-12(17(11)8-9)7-10-3-2-6-20-10/h2-3,6,9H,4-5,7-8H2,1H3. The van der Waals surface area contributed by atoms with Crippen LogP contribution in [0.1, 0.15) is 23.7 Å². The molecule has 0 N–H and O–H groups in total. The van der Waals surface area contributed by atoms with Crippen LogP contribution < -0.4 is 0 Å². The second kappa shape index (κ2) is 5.32. The smallest absolute Gasteiger partial charge is 0.310 e. The topological polar surface area (TPSA) is 57.3 Å². The number of rotatable bonds is 3. The average molecular weight is 295 g/mol. The lowest BCUT2D eigenvalue weighted by molar-refractivity contribution is -0.146. The zero-order chi connectivity index (χ0) is 14.1. The third kappa shape index (κ3) is 2.33. The Labute approximate surface area is 121 Å². The first-order chi connectivity index (χ1) is 9.69. The predicted octanol–water partition coefficient (Wildman–Crippen LogP) is 2.46. The molecular formula is C14H15ClN2O3. The fraction of sp³-hybridized carbons (Fsp3) is 0.429. The number of nitrogens with zero attached hydrogens (tertiary/aromatic N) is 2. The van der Waals surface area contributed by atoms with Gasteiger partial charge in [-0.15, -0.1) is 0 Å². The molecule has 0 aromatic carbocycles. The van der Waals surface area contributed by atoms with Gasteiger partial charge in [-0.3, -0.25) is 4.79 Å². The van der Waals surface area contributed by atoms with Gasteiger partial charge in [0.2, 0.25) is 0 Å². The van der Waals surface area contributed by atoms with Crippen molar-refractivity contribution >= 4 is 17.6 Å². The van der Waals surface area contributed by atoms with E-state index in [1.54, 1.807) is 6.26 Å². The highest BCUT2D eigenvalue weighted by Crippen LogP contribution is 2.29. The van der Waals surface area contributed by atoms with Gasteiger partial charge in [0.05, 0.1) is 31.4 Å². The molecule has 0 spiro atoms. The molecule has 3 rings (SSSR count). The minimum absolute atomic E-state index is 0.131. The van der Waals surface area contributed by atoms with E-state index in [4.69, 9.17) is 20.8 Å². The summed E-state index contributed by atoms with van der Waals surface area (Å²) in [6, 6.07) is 3.74. The molecule has 2 aromatic heterocycles. The number of methoxy groups -OCH3 is 1. The fourth-order valence-electron chi connectivity index (χ4n) is 2.64. The summed E-state index contributed by atoms with van der Waals surface area (Å²) in [5, 5.41) is 0.523. The normalized spacial score (nSPS) is 17.8. The minimum atomic E-state index is -0.176. The molecule has 5 nitrogen and oxygen atoms in total. The molecule has 106 valence electrons. The molecule has 0 saturated carbocycles. The van der Waals surface area contributed by atoms with Crippen LogP contribution in [0.4, 0.5) is 0 Å². The van der Waals surface area contributed by atoms with E-state index in [0.717, 1.165) is 30.1 Å². The van der Waals surface area contributed by atoms with Gasteiger partial charge in [-0.25, -0.2) is 4.98 Å². The van der Waals surface area contributed by atoms with Crippen molar-refractivity contribution in [1.82, 2.24) is 9.55 Å². The molecule has 0 bridgehead atoms. The van der Waals surface area contributed by atoms with E-state index in [2.05, 4.69) is 4.98 Å². The zero-order valence-electron chi connectivity index (χ0n) is 11.1. The summed E-state index contributed by atoms with van der Waals surface area (Å²) in [5.41, 5.74) is 0.994. The maximum absolute atomic E-state index is 11.7. The van der Waals surface area contributed by atoms with Gasteiger partial charge in [-0.05, 0) is 25.0 Å². The van der Waals surface area contributed by atoms with Gasteiger partial charge in [0.1, 0.15) is 11.6 Å². The van der Waals surface area contributed by atoms with E-state index in [1.807, 2.05) is 16.7 Å². The van der Waals surface area contributed by atoms with Crippen LogP contribution in [0.25, 0.3) is 0 Å². The van der Waals surface area contributed by atoms with Gasteiger partial charge in [0.25, 0.3) is 0 Å². The molecule has 3 heterocycles. The monoisotopic (exact) mass is 294 g/mol. The summed E-state index contributed by atoms with van der Waals surface area (Å²) >= 11 is 6.19. The third-order valence-corrected chi connectivity index (χ3v) is 3.98. The second-order valence-corrected chi connectivity index (χ2v) is 5.25. The average Bonchev–Trinajstić information content (AvgIpc) is 3.07. The van der Waals surface area contributed by atoms with E-state index >= 15 is 0 Å². The first-order valence-electron chi connectivity index (χ1n) is 6.53. The van der Waals surface area contributed by atoms with Crippen LogP contribution >= 0.6 is 11.6 Å². The van der Waals surface area contributed by atoms with Crippen molar-refractivity contribution < 1.29 is 13.9 Å². The summed E-state index contributed by atoms with van der Waals surface area (Å²) < 4.78 is 12.2. The van der Waals surface area contributed by atoms with Crippen LogP contribution in [0.5, 0.6) is 0 Å². The Morgan fingerprint density at radius 3 is 3.20 bits per heavy atom. The Balaban J connectivity index is 1.88. The number of furan rings is 1. The van der Waals surface area contributed by atoms with Gasteiger partial charge in [-0.1, -0.05) is 11.6 Å². The first-order valence-corrected chi connectivity index (χ1v) is 6.91. The van der Waals surface area contributed by atoms with Crippen LogP contribution in [-0.2, 0) is 28.9 Å². The lowest BCUT2D eigenvalue weighted by Gasteiger charge is -2.23. The maximum Gasteiger partial charge on any atom is 0.310 e. The first kappa shape index (κ1) is 13.2. The summed E-state index contributed by atoms with van der Waals surface area (Å²) in [4.78, 5) is 16.1. The Bertz CT molecular complexity index is 619. The van der Waals surface area contributed by atoms with Gasteiger partial charge in [0, 0.05) is 6.54 Å². The highest BCUT2D eigenvalue weighted by atomic mass is 35.5. The number of carbonyl (C=O) groups excluding carboxylic acids is 1. The molecule has 0 saturated heterocycles. The Morgan fingerprint density at radius 1 is 1.65 bits per heavy atom. The van der Waals surface area contributed by atoms with Gasteiger partial charge < -0.3 is 13.7 Å². The molecule has 0 radical (unpaired) electrons. The molecule has 1 aliphatic heterocycles. The predicted molar refractivity (Wildman–Crippen MR) is 72.6 cm³/mol. The van der Waals surface area contributed by atoms with Crippen LogP contribution in [-0.4, -0.2) is 22.6 Å². The number of imidazole rings is 1. The van der Waals surface area contributed by atoms with Crippen LogP contribution in [0.15, 0.2) is 22.8 Å². The van der Waals surface area contributed by atoms with Gasteiger partial charge in [-0.2, -0.15) is 0 Å². The van der Waals surface area contributed by atoms with Gasteiger partial charge >= 0.3 is 5.97 Å². The molecule has 1 unspecified atom stereocenters. The molecule has 0 aliphatic carbocycles. The van der Waals surface area contributed by atoms with Crippen molar-refractivity contribution in [2.45, 2.75) is 25.8 Å². The Kier molecular flexibility index (Phi) is 3.53. The number of aromatic nitrogens is 2. The summed E-state index contributed by atoms with van der Waals surface area (Å²) in [5.74, 6) is 1.35. The van der Waals surface area contributed by atoms with Crippen molar-refractivity contribution in [3.63, 3.8) is 0 Å². The molecule has 0 amide bonds. The highest BCUT2D eigenvalue weighted by Gasteiger charge is 2.29. The minimum Gasteiger partial charge on any atom is -0.469 e. The number of ether oxygens (including phenoxy) is 1.